The van der Waals surface area contributed by atoms with Gasteiger partial charge in [0.15, 0.2) is 0 Å². The largest absolute Gasteiger partial charge is 0.392 e. The van der Waals surface area contributed by atoms with Gasteiger partial charge in [0.1, 0.15) is 0 Å². The van der Waals surface area contributed by atoms with Gasteiger partial charge in [0, 0.05) is 12.3 Å². The fourth-order valence-corrected chi connectivity index (χ4v) is 5.77. The number of aliphatic hydroxyl groups is 1. The van der Waals surface area contributed by atoms with Crippen molar-refractivity contribution in [1.29, 1.82) is 0 Å². The molecular weight excluding hydrogens is 384 g/mol. The van der Waals surface area contributed by atoms with Crippen LogP contribution in [0.15, 0.2) is 76.5 Å². The van der Waals surface area contributed by atoms with E-state index in [9.17, 15) is 13.5 Å². The molecule has 2 aromatic carbocycles. The van der Waals surface area contributed by atoms with Crippen molar-refractivity contribution >= 4 is 9.84 Å². The lowest BCUT2D eigenvalue weighted by atomic mass is 9.81. The van der Waals surface area contributed by atoms with Gasteiger partial charge in [-0.3, -0.25) is 0 Å². The van der Waals surface area contributed by atoms with Crippen molar-refractivity contribution in [2.24, 2.45) is 5.92 Å². The highest BCUT2D eigenvalue weighted by molar-refractivity contribution is 7.95. The molecule has 0 saturated heterocycles. The van der Waals surface area contributed by atoms with Crippen LogP contribution in [0.1, 0.15) is 45.1 Å². The van der Waals surface area contributed by atoms with E-state index in [0.29, 0.717) is 19.4 Å². The van der Waals surface area contributed by atoms with Crippen LogP contribution in [0.5, 0.6) is 0 Å². The zero-order valence-corrected chi connectivity index (χ0v) is 17.9. The number of rotatable bonds is 8. The summed E-state index contributed by atoms with van der Waals surface area (Å²) >= 11 is 0. The fraction of sp³-hybridized carbons (Fsp3) is 0.417. The number of ether oxygens (including phenoxy) is 1. The third kappa shape index (κ3) is 5.16. The zero-order chi connectivity index (χ0) is 20.9. The van der Waals surface area contributed by atoms with Gasteiger partial charge in [-0.1, -0.05) is 68.3 Å². The van der Waals surface area contributed by atoms with E-state index in [-0.39, 0.29) is 9.80 Å². The van der Waals surface area contributed by atoms with Crippen molar-refractivity contribution in [3.05, 3.63) is 77.2 Å². The van der Waals surface area contributed by atoms with Gasteiger partial charge in [0.05, 0.1) is 28.1 Å². The predicted molar refractivity (Wildman–Crippen MR) is 115 cm³/mol. The van der Waals surface area contributed by atoms with Crippen LogP contribution >= 0.6 is 0 Å². The van der Waals surface area contributed by atoms with Crippen LogP contribution in [-0.4, -0.2) is 25.2 Å². The second-order valence-corrected chi connectivity index (χ2v) is 9.92. The number of unbranched alkanes of at least 4 members (excludes halogenated alkanes) is 1. The van der Waals surface area contributed by atoms with E-state index < -0.39 is 27.5 Å². The SMILES string of the molecule is CCCC[C@@H]1C(S(=O)(=O)c2ccccc2)=C[C@@](C)(OCc2ccccc2)C[C@@H]1O. The minimum absolute atomic E-state index is 0.257. The second-order valence-electron chi connectivity index (χ2n) is 7.97. The van der Waals surface area contributed by atoms with E-state index in [1.165, 1.54) is 0 Å². The highest BCUT2D eigenvalue weighted by Crippen LogP contribution is 2.41. The Bertz CT molecular complexity index is 922. The number of benzene rings is 2. The molecule has 3 rings (SSSR count). The van der Waals surface area contributed by atoms with Crippen molar-refractivity contribution in [2.45, 2.75) is 62.7 Å². The standard InChI is InChI=1S/C24H30O4S/c1-3-4-15-21-22(25)16-24(2,28-18-19-11-7-5-8-12-19)17-23(21)29(26,27)20-13-9-6-10-14-20/h5-14,17,21-22,25H,3-4,15-16,18H2,1-2H3/t21-,22-,24-/m0/s1. The molecule has 0 bridgehead atoms. The Hall–Kier alpha value is -1.95. The van der Waals surface area contributed by atoms with Gasteiger partial charge in [-0.15, -0.1) is 0 Å². The summed E-state index contributed by atoms with van der Waals surface area (Å²) in [4.78, 5) is 0.540. The highest BCUT2D eigenvalue weighted by atomic mass is 32.2. The summed E-state index contributed by atoms with van der Waals surface area (Å²) in [6.07, 6.45) is 3.81. The van der Waals surface area contributed by atoms with Crippen molar-refractivity contribution < 1.29 is 18.3 Å². The van der Waals surface area contributed by atoms with E-state index in [2.05, 4.69) is 6.92 Å². The Kier molecular flexibility index (Phi) is 6.93. The predicted octanol–water partition coefficient (Wildman–Crippen LogP) is 4.89. The quantitative estimate of drug-likeness (QED) is 0.668. The first-order valence-corrected chi connectivity index (χ1v) is 11.7. The Labute approximate surface area is 174 Å². The number of aliphatic hydroxyl groups excluding tert-OH is 1. The normalized spacial score (nSPS) is 24.9. The van der Waals surface area contributed by atoms with Crippen LogP contribution in [0.3, 0.4) is 0 Å². The van der Waals surface area contributed by atoms with Crippen molar-refractivity contribution in [3.63, 3.8) is 0 Å². The zero-order valence-electron chi connectivity index (χ0n) is 17.1. The molecule has 0 aromatic heterocycles. The van der Waals surface area contributed by atoms with Crippen LogP contribution in [0.2, 0.25) is 0 Å². The first-order valence-electron chi connectivity index (χ1n) is 10.2. The van der Waals surface area contributed by atoms with Gasteiger partial charge in [0.25, 0.3) is 0 Å². The number of sulfone groups is 1. The molecule has 29 heavy (non-hydrogen) atoms. The Morgan fingerprint density at radius 2 is 1.69 bits per heavy atom. The van der Waals surface area contributed by atoms with Crippen LogP contribution < -0.4 is 0 Å². The summed E-state index contributed by atoms with van der Waals surface area (Å²) in [5, 5.41) is 10.9. The van der Waals surface area contributed by atoms with E-state index in [4.69, 9.17) is 4.74 Å². The molecule has 0 heterocycles. The average Bonchev–Trinajstić information content (AvgIpc) is 2.73. The molecule has 0 saturated carbocycles. The lowest BCUT2D eigenvalue weighted by molar-refractivity contribution is -0.0557. The van der Waals surface area contributed by atoms with E-state index in [1.807, 2.05) is 37.3 Å². The molecule has 0 unspecified atom stereocenters. The first kappa shape index (κ1) is 21.8. The smallest absolute Gasteiger partial charge is 0.202 e. The summed E-state index contributed by atoms with van der Waals surface area (Å²) in [7, 11) is -3.71. The molecule has 0 amide bonds. The Balaban J connectivity index is 1.96. The lowest BCUT2D eigenvalue weighted by Crippen LogP contribution is -2.42. The molecule has 1 aliphatic rings. The van der Waals surface area contributed by atoms with Crippen molar-refractivity contribution in [1.82, 2.24) is 0 Å². The summed E-state index contributed by atoms with van der Waals surface area (Å²) in [5.41, 5.74) is 0.159. The van der Waals surface area contributed by atoms with E-state index >= 15 is 0 Å². The molecule has 0 spiro atoms. The molecule has 0 fully saturated rings. The third-order valence-corrected chi connectivity index (χ3v) is 7.47. The molecule has 3 atom stereocenters. The molecule has 5 heteroatoms. The number of hydrogen-bond donors (Lipinski definition) is 1. The molecule has 156 valence electrons. The summed E-state index contributed by atoms with van der Waals surface area (Å²) in [5.74, 6) is -0.409. The summed E-state index contributed by atoms with van der Waals surface area (Å²) in [6, 6.07) is 18.2. The fourth-order valence-electron chi connectivity index (χ4n) is 3.91. The van der Waals surface area contributed by atoms with Crippen molar-refractivity contribution in [2.75, 3.05) is 0 Å². The minimum Gasteiger partial charge on any atom is -0.392 e. The average molecular weight is 415 g/mol. The summed E-state index contributed by atoms with van der Waals surface area (Å²) in [6.45, 7) is 4.28. The Morgan fingerprint density at radius 3 is 2.31 bits per heavy atom. The van der Waals surface area contributed by atoms with Gasteiger partial charge in [-0.05, 0) is 37.1 Å². The first-order chi connectivity index (χ1) is 13.9. The van der Waals surface area contributed by atoms with E-state index in [0.717, 1.165) is 18.4 Å². The lowest BCUT2D eigenvalue weighted by Gasteiger charge is -2.39. The van der Waals surface area contributed by atoms with Gasteiger partial charge in [-0.2, -0.15) is 0 Å². The van der Waals surface area contributed by atoms with E-state index in [1.54, 1.807) is 36.4 Å². The molecule has 4 nitrogen and oxygen atoms in total. The molecule has 2 aromatic rings. The van der Waals surface area contributed by atoms with Crippen LogP contribution in [0, 0.1) is 5.92 Å². The second kappa shape index (κ2) is 9.24. The molecule has 0 radical (unpaired) electrons. The topological polar surface area (TPSA) is 63.6 Å². The third-order valence-electron chi connectivity index (χ3n) is 5.54. The van der Waals surface area contributed by atoms with Gasteiger partial charge in [0.2, 0.25) is 9.84 Å². The van der Waals surface area contributed by atoms with Gasteiger partial charge >= 0.3 is 0 Å². The highest BCUT2D eigenvalue weighted by Gasteiger charge is 2.42. The maximum atomic E-state index is 13.4. The maximum absolute atomic E-state index is 13.4. The molecular formula is C24H30O4S. The Morgan fingerprint density at radius 1 is 1.07 bits per heavy atom. The monoisotopic (exact) mass is 414 g/mol. The van der Waals surface area contributed by atoms with Crippen LogP contribution in [0.4, 0.5) is 0 Å². The van der Waals surface area contributed by atoms with Gasteiger partial charge < -0.3 is 9.84 Å². The molecule has 1 aliphatic carbocycles. The van der Waals surface area contributed by atoms with Crippen LogP contribution in [0.25, 0.3) is 0 Å². The molecule has 0 aliphatic heterocycles. The van der Waals surface area contributed by atoms with Crippen LogP contribution in [-0.2, 0) is 21.2 Å². The van der Waals surface area contributed by atoms with Gasteiger partial charge in [-0.25, -0.2) is 8.42 Å². The maximum Gasteiger partial charge on any atom is 0.202 e. The summed E-state index contributed by atoms with van der Waals surface area (Å²) < 4.78 is 33.0. The van der Waals surface area contributed by atoms with Crippen molar-refractivity contribution in [3.8, 4) is 0 Å². The minimum atomic E-state index is -3.71. The molecule has 1 N–H and O–H groups in total. The number of hydrogen-bond acceptors (Lipinski definition) is 4.